The monoisotopic (exact) mass is 328 g/mol. The van der Waals surface area contributed by atoms with Gasteiger partial charge in [0.25, 0.3) is 0 Å². The van der Waals surface area contributed by atoms with Gasteiger partial charge in [-0.2, -0.15) is 0 Å². The largest absolute Gasteiger partial charge is 0.383 e. The molecule has 2 rings (SSSR count). The SMILES string of the molecule is COCC(C)(C)NS(=O)(=O)c1c(CN)sc2ccccc12. The molecule has 0 saturated heterocycles. The molecule has 116 valence electrons. The van der Waals surface area contributed by atoms with Crippen LogP contribution in [0.1, 0.15) is 18.7 Å². The molecule has 0 aliphatic heterocycles. The summed E-state index contributed by atoms with van der Waals surface area (Å²) in [5.41, 5.74) is 5.04. The molecule has 0 spiro atoms. The van der Waals surface area contributed by atoms with E-state index in [1.54, 1.807) is 21.0 Å². The van der Waals surface area contributed by atoms with Crippen LogP contribution in [0.15, 0.2) is 29.2 Å². The number of rotatable bonds is 6. The molecule has 0 unspecified atom stereocenters. The molecule has 5 nitrogen and oxygen atoms in total. The standard InChI is InChI=1S/C14H20N2O3S2/c1-14(2,9-19-3)16-21(17,18)13-10-6-4-5-7-11(10)20-12(13)8-15/h4-7,16H,8-9,15H2,1-3H3. The van der Waals surface area contributed by atoms with Crippen molar-refractivity contribution >= 4 is 31.4 Å². The lowest BCUT2D eigenvalue weighted by Crippen LogP contribution is -2.46. The molecule has 0 atom stereocenters. The number of hydrogen-bond acceptors (Lipinski definition) is 5. The average Bonchev–Trinajstić information content (AvgIpc) is 2.76. The first-order chi connectivity index (χ1) is 9.80. The minimum absolute atomic E-state index is 0.195. The molecule has 1 aromatic carbocycles. The summed E-state index contributed by atoms with van der Waals surface area (Å²) in [4.78, 5) is 0.951. The molecule has 1 heterocycles. The fourth-order valence-electron chi connectivity index (χ4n) is 2.31. The molecular weight excluding hydrogens is 308 g/mol. The molecule has 1 aromatic heterocycles. The molecule has 0 fully saturated rings. The summed E-state index contributed by atoms with van der Waals surface area (Å²) in [6.45, 7) is 4.04. The summed E-state index contributed by atoms with van der Waals surface area (Å²) in [5, 5.41) is 0.712. The van der Waals surface area contributed by atoms with Gasteiger partial charge in [0, 0.05) is 28.6 Å². The van der Waals surface area contributed by atoms with E-state index in [9.17, 15) is 8.42 Å². The third kappa shape index (κ3) is 3.44. The average molecular weight is 328 g/mol. The van der Waals surface area contributed by atoms with Gasteiger partial charge in [0.1, 0.15) is 4.90 Å². The Kier molecular flexibility index (Phi) is 4.69. The number of hydrogen-bond donors (Lipinski definition) is 2. The number of methoxy groups -OCH3 is 1. The Labute approximate surface area is 129 Å². The first-order valence-corrected chi connectivity index (χ1v) is 8.84. The maximum absolute atomic E-state index is 12.8. The predicted molar refractivity (Wildman–Crippen MR) is 86.0 cm³/mol. The van der Waals surface area contributed by atoms with Gasteiger partial charge in [-0.1, -0.05) is 18.2 Å². The molecule has 2 aromatic rings. The molecule has 0 aliphatic carbocycles. The smallest absolute Gasteiger partial charge is 0.242 e. The first kappa shape index (κ1) is 16.4. The number of fused-ring (bicyclic) bond motifs is 1. The zero-order valence-electron chi connectivity index (χ0n) is 12.3. The van der Waals surface area contributed by atoms with Crippen LogP contribution >= 0.6 is 11.3 Å². The first-order valence-electron chi connectivity index (χ1n) is 6.54. The number of benzene rings is 1. The second-order valence-corrected chi connectivity index (χ2v) is 8.23. The highest BCUT2D eigenvalue weighted by atomic mass is 32.2. The van der Waals surface area contributed by atoms with Crippen molar-refractivity contribution in [1.29, 1.82) is 0 Å². The Morgan fingerprint density at radius 3 is 2.62 bits per heavy atom. The van der Waals surface area contributed by atoms with Crippen LogP contribution in [0, 0.1) is 0 Å². The predicted octanol–water partition coefficient (Wildman–Crippen LogP) is 2.06. The van der Waals surface area contributed by atoms with Gasteiger partial charge in [-0.15, -0.1) is 11.3 Å². The van der Waals surface area contributed by atoms with Crippen molar-refractivity contribution in [3.8, 4) is 0 Å². The lowest BCUT2D eigenvalue weighted by molar-refractivity contribution is 0.141. The van der Waals surface area contributed by atoms with Crippen molar-refractivity contribution in [3.63, 3.8) is 0 Å². The summed E-state index contributed by atoms with van der Waals surface area (Å²) in [6, 6.07) is 7.42. The fraction of sp³-hybridized carbons (Fsp3) is 0.429. The van der Waals surface area contributed by atoms with Crippen molar-refractivity contribution in [2.45, 2.75) is 30.8 Å². The molecule has 0 saturated carbocycles. The number of ether oxygens (including phenoxy) is 1. The number of nitrogens with one attached hydrogen (secondary N) is 1. The molecule has 0 aliphatic rings. The van der Waals surface area contributed by atoms with Gasteiger partial charge in [0.2, 0.25) is 10.0 Å². The van der Waals surface area contributed by atoms with Crippen LogP contribution in [0.25, 0.3) is 10.1 Å². The van der Waals surface area contributed by atoms with Crippen LogP contribution in [0.5, 0.6) is 0 Å². The Morgan fingerprint density at radius 2 is 2.00 bits per heavy atom. The maximum Gasteiger partial charge on any atom is 0.242 e. The number of nitrogens with two attached hydrogens (primary N) is 1. The molecule has 3 N–H and O–H groups in total. The van der Waals surface area contributed by atoms with Crippen LogP contribution in [0.4, 0.5) is 0 Å². The Morgan fingerprint density at radius 1 is 1.33 bits per heavy atom. The van der Waals surface area contributed by atoms with Crippen LogP contribution in [0.2, 0.25) is 0 Å². The highest BCUT2D eigenvalue weighted by Gasteiger charge is 2.30. The van der Waals surface area contributed by atoms with Crippen molar-refractivity contribution < 1.29 is 13.2 Å². The minimum Gasteiger partial charge on any atom is -0.383 e. The van der Waals surface area contributed by atoms with E-state index in [4.69, 9.17) is 10.5 Å². The lowest BCUT2D eigenvalue weighted by atomic mass is 10.1. The molecule has 0 radical (unpaired) electrons. The Bertz CT molecular complexity index is 736. The van der Waals surface area contributed by atoms with Crippen molar-refractivity contribution in [2.75, 3.05) is 13.7 Å². The van der Waals surface area contributed by atoms with E-state index in [2.05, 4.69) is 4.72 Å². The van der Waals surface area contributed by atoms with E-state index in [-0.39, 0.29) is 18.0 Å². The number of thiophene rings is 1. The topological polar surface area (TPSA) is 81.4 Å². The summed E-state index contributed by atoms with van der Waals surface area (Å²) < 4.78 is 34.2. The molecule has 21 heavy (non-hydrogen) atoms. The Hall–Kier alpha value is -0.990. The third-order valence-corrected chi connectivity index (χ3v) is 6.14. The second kappa shape index (κ2) is 6.02. The third-order valence-electron chi connectivity index (χ3n) is 2.99. The van der Waals surface area contributed by atoms with Crippen molar-refractivity contribution in [1.82, 2.24) is 4.72 Å². The fourth-order valence-corrected chi connectivity index (χ4v) is 5.54. The van der Waals surface area contributed by atoms with Gasteiger partial charge in [-0.05, 0) is 19.9 Å². The zero-order chi connectivity index (χ0) is 15.7. The molecule has 0 bridgehead atoms. The molecule has 7 heteroatoms. The maximum atomic E-state index is 12.8. The van der Waals surface area contributed by atoms with Crippen LogP contribution in [-0.4, -0.2) is 27.7 Å². The van der Waals surface area contributed by atoms with Gasteiger partial charge in [-0.25, -0.2) is 13.1 Å². The summed E-state index contributed by atoms with van der Waals surface area (Å²) in [6.07, 6.45) is 0. The van der Waals surface area contributed by atoms with Crippen LogP contribution in [-0.2, 0) is 21.3 Å². The molecule has 0 amide bonds. The van der Waals surface area contributed by atoms with E-state index in [1.165, 1.54) is 11.3 Å². The molecular formula is C14H20N2O3S2. The van der Waals surface area contributed by atoms with Gasteiger partial charge < -0.3 is 10.5 Å². The number of sulfonamides is 1. The second-order valence-electron chi connectivity index (χ2n) is 5.48. The zero-order valence-corrected chi connectivity index (χ0v) is 14.0. The van der Waals surface area contributed by atoms with Gasteiger partial charge in [0.05, 0.1) is 12.1 Å². The van der Waals surface area contributed by atoms with Crippen molar-refractivity contribution in [3.05, 3.63) is 29.1 Å². The normalized spacial score (nSPS) is 13.0. The summed E-state index contributed by atoms with van der Waals surface area (Å²) in [7, 11) is -2.12. The Balaban J connectivity index is 2.54. The lowest BCUT2D eigenvalue weighted by Gasteiger charge is -2.25. The van der Waals surface area contributed by atoms with Crippen LogP contribution in [0.3, 0.4) is 0 Å². The van der Waals surface area contributed by atoms with Crippen molar-refractivity contribution in [2.24, 2.45) is 5.73 Å². The highest BCUT2D eigenvalue weighted by molar-refractivity contribution is 7.90. The van der Waals surface area contributed by atoms with E-state index < -0.39 is 15.6 Å². The van der Waals surface area contributed by atoms with E-state index in [1.807, 2.05) is 24.3 Å². The van der Waals surface area contributed by atoms with E-state index in [0.29, 0.717) is 10.3 Å². The summed E-state index contributed by atoms with van der Waals surface area (Å²) in [5.74, 6) is 0. The van der Waals surface area contributed by atoms with Gasteiger partial charge in [-0.3, -0.25) is 0 Å². The van der Waals surface area contributed by atoms with Crippen LogP contribution < -0.4 is 10.5 Å². The van der Waals surface area contributed by atoms with E-state index >= 15 is 0 Å². The van der Waals surface area contributed by atoms with E-state index in [0.717, 1.165) is 4.70 Å². The summed E-state index contributed by atoms with van der Waals surface area (Å²) >= 11 is 1.41. The minimum atomic E-state index is -3.67. The van der Waals surface area contributed by atoms with Gasteiger partial charge in [0.15, 0.2) is 0 Å². The quantitative estimate of drug-likeness (QED) is 0.850. The highest BCUT2D eigenvalue weighted by Crippen LogP contribution is 2.34. The van der Waals surface area contributed by atoms with Gasteiger partial charge >= 0.3 is 0 Å².